The first-order chi connectivity index (χ1) is 10.7. The van der Waals surface area contributed by atoms with Gasteiger partial charge in [0.25, 0.3) is 0 Å². The molecule has 0 amide bonds. The number of hydrogen-bond donors (Lipinski definition) is 2. The number of hydrogen-bond acceptors (Lipinski definition) is 4. The lowest BCUT2D eigenvalue weighted by atomic mass is 10.2. The minimum Gasteiger partial charge on any atom is -0.465 e. The van der Waals surface area contributed by atoms with Crippen LogP contribution in [0.3, 0.4) is 0 Å². The Balaban J connectivity index is 0. The predicted octanol–water partition coefficient (Wildman–Crippen LogP) is 2.43. The Morgan fingerprint density at radius 1 is 1.27 bits per heavy atom. The largest absolute Gasteiger partial charge is 0.465 e. The maximum absolute atomic E-state index is 11.3. The summed E-state index contributed by atoms with van der Waals surface area (Å²) in [6.07, 6.45) is 6.90. The standard InChI is InChI=1S/C13H20N2O3.2C2H6/c1-4-18-13(16)9-14-11-7-5-10(2)6-8-12(11)15-17-3;2*1-2/h6-8,14-15H,4-5,9H2,1-3H3;2*1-2H3/p+1. The van der Waals surface area contributed by atoms with Crippen LogP contribution in [0.4, 0.5) is 0 Å². The van der Waals surface area contributed by atoms with Gasteiger partial charge in [-0.3, -0.25) is 4.79 Å². The first kappa shape index (κ1) is 22.7. The number of carbonyl (C=O) groups is 1. The average Bonchev–Trinajstić information content (AvgIpc) is 2.72. The van der Waals surface area contributed by atoms with E-state index in [1.165, 1.54) is 5.57 Å². The molecule has 0 saturated carbocycles. The van der Waals surface area contributed by atoms with Gasteiger partial charge in [0.05, 0.1) is 19.4 Å². The molecule has 22 heavy (non-hydrogen) atoms. The highest BCUT2D eigenvalue weighted by Gasteiger charge is 2.13. The fraction of sp³-hybridized carbons (Fsp3) is 0.588. The second-order valence-corrected chi connectivity index (χ2v) is 3.97. The molecule has 5 heteroatoms. The van der Waals surface area contributed by atoms with E-state index in [-0.39, 0.29) is 12.5 Å². The van der Waals surface area contributed by atoms with Crippen LogP contribution in [0.2, 0.25) is 0 Å². The lowest BCUT2D eigenvalue weighted by molar-refractivity contribution is -0.853. The van der Waals surface area contributed by atoms with Crippen molar-refractivity contribution in [1.82, 2.24) is 5.32 Å². The highest BCUT2D eigenvalue weighted by Crippen LogP contribution is 2.11. The number of ether oxygens (including phenoxy) is 1. The van der Waals surface area contributed by atoms with Crippen molar-refractivity contribution in [3.63, 3.8) is 0 Å². The van der Waals surface area contributed by atoms with Crippen LogP contribution in [-0.2, 0) is 14.4 Å². The van der Waals surface area contributed by atoms with Crippen LogP contribution < -0.4 is 10.8 Å². The number of hydroxylamine groups is 1. The second kappa shape index (κ2) is 15.8. The minimum atomic E-state index is -0.260. The van der Waals surface area contributed by atoms with Crippen LogP contribution >= 0.6 is 0 Å². The number of quaternary nitrogens is 1. The van der Waals surface area contributed by atoms with Crippen molar-refractivity contribution < 1.29 is 19.8 Å². The molecule has 0 fully saturated rings. The van der Waals surface area contributed by atoms with Crippen LogP contribution in [-0.4, -0.2) is 26.2 Å². The number of nitrogens with two attached hydrogens (primary N) is 1. The lowest BCUT2D eigenvalue weighted by Gasteiger charge is -2.10. The van der Waals surface area contributed by atoms with Gasteiger partial charge in [0.2, 0.25) is 0 Å². The molecule has 0 saturated heterocycles. The number of nitrogens with one attached hydrogen (secondary N) is 1. The maximum Gasteiger partial charge on any atom is 0.325 e. The number of rotatable bonds is 6. The molecule has 1 rings (SSSR count). The van der Waals surface area contributed by atoms with Crippen LogP contribution in [0.5, 0.6) is 0 Å². The van der Waals surface area contributed by atoms with Gasteiger partial charge in [0.15, 0.2) is 5.70 Å². The summed E-state index contributed by atoms with van der Waals surface area (Å²) in [6, 6.07) is 0. The van der Waals surface area contributed by atoms with E-state index in [2.05, 4.69) is 12.2 Å². The normalized spacial score (nSPS) is 13.0. The van der Waals surface area contributed by atoms with Gasteiger partial charge in [-0.05, 0) is 20.3 Å². The fourth-order valence-corrected chi connectivity index (χ4v) is 1.55. The van der Waals surface area contributed by atoms with Crippen molar-refractivity contribution in [2.24, 2.45) is 0 Å². The van der Waals surface area contributed by atoms with E-state index < -0.39 is 0 Å². The fourth-order valence-electron chi connectivity index (χ4n) is 1.55. The van der Waals surface area contributed by atoms with Crippen LogP contribution in [0, 0.1) is 0 Å². The third-order valence-electron chi connectivity index (χ3n) is 2.46. The summed E-state index contributed by atoms with van der Waals surface area (Å²) in [4.78, 5) is 16.4. The van der Waals surface area contributed by atoms with Crippen molar-refractivity contribution in [2.45, 2.75) is 48.0 Å². The zero-order valence-electron chi connectivity index (χ0n) is 15.2. The summed E-state index contributed by atoms with van der Waals surface area (Å²) >= 11 is 0. The Bertz CT molecular complexity index is 385. The summed E-state index contributed by atoms with van der Waals surface area (Å²) in [7, 11) is 1.60. The molecule has 1 aliphatic rings. The molecular formula is C17H33N2O3+. The molecular weight excluding hydrogens is 280 g/mol. The van der Waals surface area contributed by atoms with E-state index in [4.69, 9.17) is 9.57 Å². The predicted molar refractivity (Wildman–Crippen MR) is 90.8 cm³/mol. The smallest absolute Gasteiger partial charge is 0.325 e. The van der Waals surface area contributed by atoms with Crippen molar-refractivity contribution in [3.8, 4) is 0 Å². The summed E-state index contributed by atoms with van der Waals surface area (Å²) in [6.45, 7) is 12.4. The molecule has 0 heterocycles. The number of carbonyl (C=O) groups excluding carboxylic acids is 1. The summed E-state index contributed by atoms with van der Waals surface area (Å²) < 4.78 is 4.88. The van der Waals surface area contributed by atoms with Gasteiger partial charge in [-0.25, -0.2) is 4.84 Å². The van der Waals surface area contributed by atoms with Gasteiger partial charge in [-0.1, -0.05) is 45.4 Å². The monoisotopic (exact) mass is 313 g/mol. The average molecular weight is 313 g/mol. The Morgan fingerprint density at radius 3 is 2.45 bits per heavy atom. The van der Waals surface area contributed by atoms with Crippen LogP contribution in [0.1, 0.15) is 48.0 Å². The van der Waals surface area contributed by atoms with Crippen molar-refractivity contribution in [1.29, 1.82) is 0 Å². The molecule has 0 aromatic heterocycles. The van der Waals surface area contributed by atoms with E-state index in [1.807, 2.05) is 45.9 Å². The lowest BCUT2D eigenvalue weighted by Crippen LogP contribution is -2.81. The molecule has 0 spiro atoms. The van der Waals surface area contributed by atoms with Gasteiger partial charge in [0.1, 0.15) is 6.54 Å². The summed E-state index contributed by atoms with van der Waals surface area (Å²) in [5, 5.41) is 3.08. The Morgan fingerprint density at radius 2 is 1.91 bits per heavy atom. The van der Waals surface area contributed by atoms with E-state index in [0.29, 0.717) is 6.61 Å². The number of allylic oxidation sites excluding steroid dienone is 4. The molecule has 0 bridgehead atoms. The highest BCUT2D eigenvalue weighted by atomic mass is 16.6. The molecule has 0 atom stereocenters. The third-order valence-corrected chi connectivity index (χ3v) is 2.46. The van der Waals surface area contributed by atoms with E-state index in [9.17, 15) is 4.79 Å². The Labute approximate surface area is 135 Å². The molecule has 128 valence electrons. The molecule has 0 unspecified atom stereocenters. The second-order valence-electron chi connectivity index (χ2n) is 3.97. The van der Waals surface area contributed by atoms with Crippen LogP contribution in [0.15, 0.2) is 35.2 Å². The van der Waals surface area contributed by atoms with E-state index in [1.54, 1.807) is 19.5 Å². The Hall–Kier alpha value is -1.59. The zero-order chi connectivity index (χ0) is 17.4. The van der Waals surface area contributed by atoms with Crippen LogP contribution in [0.25, 0.3) is 0 Å². The molecule has 0 aliphatic heterocycles. The first-order valence-corrected chi connectivity index (χ1v) is 8.00. The third kappa shape index (κ3) is 10.2. The SMILES string of the molecule is CC.CC.CCOC(=O)CNC1=CCC(C)=CC=C1[NH2+]OC. The molecule has 0 radical (unpaired) electrons. The molecule has 3 N–H and O–H groups in total. The zero-order valence-corrected chi connectivity index (χ0v) is 15.2. The molecule has 1 aliphatic carbocycles. The molecule has 5 nitrogen and oxygen atoms in total. The van der Waals surface area contributed by atoms with Crippen molar-refractivity contribution in [3.05, 3.63) is 35.2 Å². The minimum absolute atomic E-state index is 0.160. The van der Waals surface area contributed by atoms with E-state index in [0.717, 1.165) is 17.8 Å². The van der Waals surface area contributed by atoms with Gasteiger partial charge < -0.3 is 10.1 Å². The topological polar surface area (TPSA) is 64.2 Å². The first-order valence-electron chi connectivity index (χ1n) is 8.00. The maximum atomic E-state index is 11.3. The van der Waals surface area contributed by atoms with E-state index >= 15 is 0 Å². The Kier molecular flexibility index (Phi) is 16.3. The highest BCUT2D eigenvalue weighted by molar-refractivity contribution is 5.72. The quantitative estimate of drug-likeness (QED) is 0.584. The summed E-state index contributed by atoms with van der Waals surface area (Å²) in [5.41, 5.74) is 4.71. The molecule has 0 aromatic rings. The van der Waals surface area contributed by atoms with Gasteiger partial charge in [-0.15, -0.1) is 0 Å². The summed E-state index contributed by atoms with van der Waals surface area (Å²) in [5.74, 6) is -0.260. The van der Waals surface area contributed by atoms with Crippen molar-refractivity contribution >= 4 is 5.97 Å². The van der Waals surface area contributed by atoms with Gasteiger partial charge in [0, 0.05) is 6.08 Å². The van der Waals surface area contributed by atoms with Gasteiger partial charge >= 0.3 is 5.97 Å². The number of esters is 1. The molecule has 0 aromatic carbocycles. The van der Waals surface area contributed by atoms with Gasteiger partial charge in [-0.2, -0.15) is 5.48 Å². The van der Waals surface area contributed by atoms with Crippen molar-refractivity contribution in [2.75, 3.05) is 20.3 Å².